The Balaban J connectivity index is 1.41. The number of aryl methyl sites for hydroxylation is 1. The molecule has 2 saturated heterocycles. The van der Waals surface area contributed by atoms with Crippen LogP contribution in [0.15, 0.2) is 36.4 Å². The molecule has 8 heteroatoms. The van der Waals surface area contributed by atoms with E-state index in [9.17, 15) is 14.4 Å². The molecule has 3 amide bonds. The fourth-order valence-electron chi connectivity index (χ4n) is 7.06. The van der Waals surface area contributed by atoms with E-state index in [1.165, 1.54) is 0 Å². The number of nitrogens with zero attached hydrogens (tertiary/aromatic N) is 1. The molecule has 39 heavy (non-hydrogen) atoms. The Morgan fingerprint density at radius 1 is 1.21 bits per heavy atom. The summed E-state index contributed by atoms with van der Waals surface area (Å²) in [5.74, 6) is -1.21. The van der Waals surface area contributed by atoms with Gasteiger partial charge in [0, 0.05) is 24.9 Å². The van der Waals surface area contributed by atoms with E-state index in [1.54, 1.807) is 4.90 Å². The van der Waals surface area contributed by atoms with Crippen molar-refractivity contribution in [3.05, 3.63) is 42.0 Å². The van der Waals surface area contributed by atoms with Crippen molar-refractivity contribution in [2.24, 2.45) is 23.7 Å². The molecule has 0 radical (unpaired) electrons. The topological polar surface area (TPSA) is 97.0 Å². The molecule has 4 aliphatic rings. The molecule has 1 saturated carbocycles. The van der Waals surface area contributed by atoms with Gasteiger partial charge in [-0.2, -0.15) is 0 Å². The first-order valence-corrected chi connectivity index (χ1v) is 14.6. The number of likely N-dealkylation sites (tertiary alicyclic amines) is 1. The van der Waals surface area contributed by atoms with Crippen molar-refractivity contribution in [1.29, 1.82) is 0 Å². The van der Waals surface area contributed by atoms with Gasteiger partial charge in [0.1, 0.15) is 11.6 Å². The predicted molar refractivity (Wildman–Crippen MR) is 149 cm³/mol. The van der Waals surface area contributed by atoms with Crippen LogP contribution in [0.4, 0.5) is 5.69 Å². The van der Waals surface area contributed by atoms with Gasteiger partial charge in [-0.1, -0.05) is 51.0 Å². The number of hydrogen-bond donors (Lipinski definition) is 2. The standard InChI is InChI=1S/C31H43N3O5/c1-18(2)38-16-8-15-34-27(29(36)33-23-12-7-10-20(4)21(23)5)31-14-13-24(39-31)25(26(31)30(34)37)28(35)32-22-11-6-9-19(3)17-22/h6,9,11,13-14,17-18,20-21,23-27H,7-8,10,12,15-16H2,1-5H3,(H,32,35)(H,33,36)/t20-,21-,23-,24-,25+,26-,27-,31-/m1/s1. The molecular weight excluding hydrogens is 494 g/mol. The second-order valence-corrected chi connectivity index (χ2v) is 12.2. The lowest BCUT2D eigenvalue weighted by molar-refractivity contribution is -0.142. The molecule has 5 rings (SSSR count). The Labute approximate surface area is 231 Å². The lowest BCUT2D eigenvalue weighted by Gasteiger charge is -2.38. The van der Waals surface area contributed by atoms with Gasteiger partial charge in [0.2, 0.25) is 17.7 Å². The summed E-state index contributed by atoms with van der Waals surface area (Å²) in [7, 11) is 0. The van der Waals surface area contributed by atoms with E-state index in [0.29, 0.717) is 37.1 Å². The second kappa shape index (κ2) is 11.0. The number of fused-ring (bicyclic) bond motifs is 1. The third kappa shape index (κ3) is 5.13. The molecular formula is C31H43N3O5. The first-order valence-electron chi connectivity index (χ1n) is 14.6. The summed E-state index contributed by atoms with van der Waals surface area (Å²) in [6.07, 6.45) is 7.04. The van der Waals surface area contributed by atoms with E-state index < -0.39 is 29.6 Å². The maximum absolute atomic E-state index is 14.1. The van der Waals surface area contributed by atoms with Crippen molar-refractivity contribution < 1.29 is 23.9 Å². The molecule has 3 fully saturated rings. The van der Waals surface area contributed by atoms with Crippen LogP contribution in [-0.4, -0.2) is 65.7 Å². The monoisotopic (exact) mass is 537 g/mol. The zero-order chi connectivity index (χ0) is 27.9. The molecule has 1 spiro atoms. The second-order valence-electron chi connectivity index (χ2n) is 12.2. The minimum Gasteiger partial charge on any atom is -0.379 e. The van der Waals surface area contributed by atoms with E-state index in [-0.39, 0.29) is 29.9 Å². The first kappa shape index (κ1) is 27.8. The Bertz CT molecular complexity index is 1130. The van der Waals surface area contributed by atoms with Crippen LogP contribution in [0.1, 0.15) is 58.9 Å². The van der Waals surface area contributed by atoms with E-state index in [4.69, 9.17) is 9.47 Å². The molecule has 212 valence electrons. The highest BCUT2D eigenvalue weighted by molar-refractivity contribution is 6.02. The number of carbonyl (C=O) groups excluding carboxylic acids is 3. The molecule has 0 unspecified atom stereocenters. The summed E-state index contributed by atoms with van der Waals surface area (Å²) in [4.78, 5) is 43.3. The number of amides is 3. The molecule has 3 aliphatic heterocycles. The summed E-state index contributed by atoms with van der Waals surface area (Å²) in [6.45, 7) is 11.2. The Morgan fingerprint density at radius 2 is 2.00 bits per heavy atom. The van der Waals surface area contributed by atoms with Crippen molar-refractivity contribution in [2.45, 2.75) is 90.2 Å². The van der Waals surface area contributed by atoms with Gasteiger partial charge in [-0.3, -0.25) is 14.4 Å². The number of ether oxygens (including phenoxy) is 2. The lowest BCUT2D eigenvalue weighted by atomic mass is 9.73. The van der Waals surface area contributed by atoms with Gasteiger partial charge < -0.3 is 25.0 Å². The van der Waals surface area contributed by atoms with Crippen LogP contribution in [-0.2, 0) is 23.9 Å². The third-order valence-corrected chi connectivity index (χ3v) is 9.24. The van der Waals surface area contributed by atoms with Gasteiger partial charge in [-0.25, -0.2) is 0 Å². The number of hydrogen-bond acceptors (Lipinski definition) is 5. The van der Waals surface area contributed by atoms with Crippen LogP contribution in [0.5, 0.6) is 0 Å². The van der Waals surface area contributed by atoms with Gasteiger partial charge >= 0.3 is 0 Å². The largest absolute Gasteiger partial charge is 0.379 e. The van der Waals surface area contributed by atoms with Crippen LogP contribution in [0, 0.1) is 30.6 Å². The van der Waals surface area contributed by atoms with Crippen molar-refractivity contribution >= 4 is 23.4 Å². The number of carbonyl (C=O) groups is 3. The van der Waals surface area contributed by atoms with Gasteiger partial charge in [-0.05, 0) is 63.1 Å². The van der Waals surface area contributed by atoms with E-state index in [1.807, 2.05) is 57.2 Å². The quantitative estimate of drug-likeness (QED) is 0.369. The minimum absolute atomic E-state index is 0.0564. The van der Waals surface area contributed by atoms with Crippen LogP contribution >= 0.6 is 0 Å². The summed E-state index contributed by atoms with van der Waals surface area (Å²) >= 11 is 0. The summed E-state index contributed by atoms with van der Waals surface area (Å²) in [5, 5.41) is 6.30. The molecule has 1 aromatic carbocycles. The Hall–Kier alpha value is -2.71. The fourth-order valence-corrected chi connectivity index (χ4v) is 7.06. The Kier molecular flexibility index (Phi) is 7.89. The first-order chi connectivity index (χ1) is 18.6. The molecule has 8 atom stereocenters. The van der Waals surface area contributed by atoms with Crippen molar-refractivity contribution in [1.82, 2.24) is 10.2 Å². The van der Waals surface area contributed by atoms with Gasteiger partial charge in [0.05, 0.1) is 24.0 Å². The number of rotatable bonds is 9. The highest BCUT2D eigenvalue weighted by atomic mass is 16.5. The highest BCUT2D eigenvalue weighted by Gasteiger charge is 2.72. The third-order valence-electron chi connectivity index (χ3n) is 9.24. The smallest absolute Gasteiger partial charge is 0.246 e. The zero-order valence-electron chi connectivity index (χ0n) is 23.8. The highest BCUT2D eigenvalue weighted by Crippen LogP contribution is 2.55. The summed E-state index contributed by atoms with van der Waals surface area (Å²) in [6, 6.07) is 6.82. The zero-order valence-corrected chi connectivity index (χ0v) is 23.8. The van der Waals surface area contributed by atoms with E-state index in [0.717, 1.165) is 24.8 Å². The van der Waals surface area contributed by atoms with Crippen LogP contribution in [0.2, 0.25) is 0 Å². The van der Waals surface area contributed by atoms with Crippen LogP contribution in [0.25, 0.3) is 0 Å². The van der Waals surface area contributed by atoms with Crippen molar-refractivity contribution in [3.63, 3.8) is 0 Å². The fraction of sp³-hybridized carbons (Fsp3) is 0.645. The van der Waals surface area contributed by atoms with Crippen molar-refractivity contribution in [3.8, 4) is 0 Å². The van der Waals surface area contributed by atoms with Crippen LogP contribution in [0.3, 0.4) is 0 Å². The lowest BCUT2D eigenvalue weighted by Crippen LogP contribution is -2.58. The Morgan fingerprint density at radius 3 is 2.74 bits per heavy atom. The molecule has 2 N–H and O–H groups in total. The van der Waals surface area contributed by atoms with Gasteiger partial charge in [-0.15, -0.1) is 0 Å². The number of anilines is 1. The maximum Gasteiger partial charge on any atom is 0.246 e. The number of benzene rings is 1. The van der Waals surface area contributed by atoms with Gasteiger partial charge in [0.25, 0.3) is 0 Å². The van der Waals surface area contributed by atoms with E-state index >= 15 is 0 Å². The average Bonchev–Trinajstić information content (AvgIpc) is 3.52. The molecule has 8 nitrogen and oxygen atoms in total. The molecule has 1 aromatic rings. The van der Waals surface area contributed by atoms with Crippen molar-refractivity contribution in [2.75, 3.05) is 18.5 Å². The van der Waals surface area contributed by atoms with Gasteiger partial charge in [0.15, 0.2) is 0 Å². The predicted octanol–water partition coefficient (Wildman–Crippen LogP) is 3.84. The number of nitrogens with one attached hydrogen (secondary N) is 2. The molecule has 2 bridgehead atoms. The molecule has 0 aromatic heterocycles. The minimum atomic E-state index is -1.15. The van der Waals surface area contributed by atoms with Crippen LogP contribution < -0.4 is 10.6 Å². The average molecular weight is 538 g/mol. The molecule has 3 heterocycles. The maximum atomic E-state index is 14.1. The SMILES string of the molecule is Cc1cccc(NC(=O)[C@H]2[C@H]3C=C[C@@]4(O3)[C@H]2C(=O)N(CCCOC(C)C)[C@@H]4C(=O)N[C@@H]2CCC[C@@H](C)[C@H]2C)c1. The molecule has 1 aliphatic carbocycles. The summed E-state index contributed by atoms with van der Waals surface area (Å²) < 4.78 is 12.2. The summed E-state index contributed by atoms with van der Waals surface area (Å²) in [5.41, 5.74) is 0.565. The van der Waals surface area contributed by atoms with E-state index in [2.05, 4.69) is 24.5 Å². The normalized spacial score (nSPS) is 35.0.